The molecule has 27 heavy (non-hydrogen) atoms. The Balaban J connectivity index is 1.83. The van der Waals surface area contributed by atoms with Gasteiger partial charge in [0, 0.05) is 49.3 Å². The minimum atomic E-state index is 0.121. The lowest BCUT2D eigenvalue weighted by Crippen LogP contribution is -2.10. The summed E-state index contributed by atoms with van der Waals surface area (Å²) in [5.74, 6) is 2.05. The fourth-order valence-corrected chi connectivity index (χ4v) is 2.60. The van der Waals surface area contributed by atoms with Gasteiger partial charge in [-0.3, -0.25) is 4.98 Å². The van der Waals surface area contributed by atoms with Gasteiger partial charge in [-0.25, -0.2) is 4.98 Å². The number of nitrogens with one attached hydrogen (secondary N) is 2. The van der Waals surface area contributed by atoms with Crippen LogP contribution in [0.4, 0.5) is 11.8 Å². The van der Waals surface area contributed by atoms with Crippen molar-refractivity contribution in [3.8, 4) is 17.0 Å². The maximum absolute atomic E-state index is 8.98. The zero-order valence-electron chi connectivity index (χ0n) is 15.2. The summed E-state index contributed by atoms with van der Waals surface area (Å²) in [6, 6.07) is 13.6. The number of pyridine rings is 1. The Labute approximate surface area is 158 Å². The molecule has 3 rings (SSSR count). The van der Waals surface area contributed by atoms with Gasteiger partial charge in [0.25, 0.3) is 0 Å². The van der Waals surface area contributed by atoms with E-state index >= 15 is 0 Å². The molecular weight excluding hydrogens is 342 g/mol. The third kappa shape index (κ3) is 5.15. The largest absolute Gasteiger partial charge is 0.496 e. The van der Waals surface area contributed by atoms with Gasteiger partial charge in [-0.1, -0.05) is 18.2 Å². The van der Waals surface area contributed by atoms with Crippen LogP contribution in [0.15, 0.2) is 54.9 Å². The highest BCUT2D eigenvalue weighted by molar-refractivity contribution is 5.64. The van der Waals surface area contributed by atoms with E-state index in [9.17, 15) is 0 Å². The Kier molecular flexibility index (Phi) is 6.54. The lowest BCUT2D eigenvalue weighted by atomic mass is 10.2. The van der Waals surface area contributed by atoms with E-state index in [4.69, 9.17) is 9.84 Å². The molecule has 0 spiro atoms. The van der Waals surface area contributed by atoms with Crippen molar-refractivity contribution in [3.05, 3.63) is 60.4 Å². The van der Waals surface area contributed by atoms with Gasteiger partial charge < -0.3 is 20.5 Å². The Morgan fingerprint density at radius 3 is 2.63 bits per heavy atom. The molecule has 3 N–H and O–H groups in total. The first-order valence-corrected chi connectivity index (χ1v) is 8.80. The van der Waals surface area contributed by atoms with E-state index in [0.717, 1.165) is 22.6 Å². The number of hydrogen-bond acceptors (Lipinski definition) is 7. The van der Waals surface area contributed by atoms with Crippen LogP contribution in [-0.2, 0) is 6.54 Å². The second-order valence-corrected chi connectivity index (χ2v) is 5.87. The Hall–Kier alpha value is -3.19. The summed E-state index contributed by atoms with van der Waals surface area (Å²) in [7, 11) is 1.66. The smallest absolute Gasteiger partial charge is 0.225 e. The van der Waals surface area contributed by atoms with E-state index in [1.54, 1.807) is 19.5 Å². The van der Waals surface area contributed by atoms with E-state index < -0.39 is 0 Å². The Morgan fingerprint density at radius 1 is 1.04 bits per heavy atom. The number of methoxy groups -OCH3 is 1. The molecule has 140 valence electrons. The molecule has 7 nitrogen and oxygen atoms in total. The van der Waals surface area contributed by atoms with Gasteiger partial charge >= 0.3 is 0 Å². The predicted octanol–water partition coefficient (Wildman–Crippen LogP) is 2.95. The molecule has 2 aromatic heterocycles. The number of rotatable bonds is 9. The molecule has 0 saturated heterocycles. The second-order valence-electron chi connectivity index (χ2n) is 5.87. The first-order chi connectivity index (χ1) is 13.3. The van der Waals surface area contributed by atoms with E-state index in [1.165, 1.54) is 0 Å². The van der Waals surface area contributed by atoms with Crippen LogP contribution in [-0.4, -0.2) is 40.3 Å². The van der Waals surface area contributed by atoms with Crippen LogP contribution in [0.25, 0.3) is 11.3 Å². The molecule has 0 amide bonds. The maximum Gasteiger partial charge on any atom is 0.225 e. The second kappa shape index (κ2) is 9.49. The van der Waals surface area contributed by atoms with Crippen molar-refractivity contribution in [2.45, 2.75) is 13.0 Å². The van der Waals surface area contributed by atoms with Crippen LogP contribution in [0.1, 0.15) is 12.0 Å². The fraction of sp³-hybridized carbons (Fsp3) is 0.250. The molecule has 1 aromatic carbocycles. The molecule has 0 bridgehead atoms. The summed E-state index contributed by atoms with van der Waals surface area (Å²) in [6.07, 6.45) is 4.10. The molecule has 7 heteroatoms. The van der Waals surface area contributed by atoms with Gasteiger partial charge in [0.15, 0.2) is 0 Å². The molecule has 0 aliphatic heterocycles. The maximum atomic E-state index is 8.98. The molecule has 0 fully saturated rings. The van der Waals surface area contributed by atoms with Gasteiger partial charge in [-0.2, -0.15) is 4.98 Å². The van der Waals surface area contributed by atoms with Crippen LogP contribution in [0.5, 0.6) is 5.75 Å². The summed E-state index contributed by atoms with van der Waals surface area (Å²) in [6.45, 7) is 1.30. The number of para-hydroxylation sites is 1. The number of hydrogen-bond donors (Lipinski definition) is 3. The normalized spacial score (nSPS) is 10.4. The number of aromatic nitrogens is 3. The average molecular weight is 365 g/mol. The molecule has 0 aliphatic rings. The van der Waals surface area contributed by atoms with E-state index in [1.807, 2.05) is 42.5 Å². The lowest BCUT2D eigenvalue weighted by molar-refractivity contribution is 0.292. The van der Waals surface area contributed by atoms with Crippen molar-refractivity contribution in [1.82, 2.24) is 15.0 Å². The summed E-state index contributed by atoms with van der Waals surface area (Å²) in [4.78, 5) is 13.2. The quantitative estimate of drug-likeness (QED) is 0.502. The minimum Gasteiger partial charge on any atom is -0.496 e. The van der Waals surface area contributed by atoms with Crippen molar-refractivity contribution in [2.75, 3.05) is 30.9 Å². The number of anilines is 2. The molecule has 2 heterocycles. The molecular formula is C20H23N5O2. The van der Waals surface area contributed by atoms with Crippen molar-refractivity contribution in [3.63, 3.8) is 0 Å². The number of nitrogens with zero attached hydrogens (tertiary/aromatic N) is 3. The van der Waals surface area contributed by atoms with Gasteiger partial charge in [-0.15, -0.1) is 0 Å². The molecule has 0 aliphatic carbocycles. The highest BCUT2D eigenvalue weighted by Gasteiger charge is 2.08. The summed E-state index contributed by atoms with van der Waals surface area (Å²) in [5, 5.41) is 15.5. The molecule has 0 saturated carbocycles. The highest BCUT2D eigenvalue weighted by Crippen LogP contribution is 2.23. The van der Waals surface area contributed by atoms with E-state index in [-0.39, 0.29) is 6.61 Å². The lowest BCUT2D eigenvalue weighted by Gasteiger charge is -2.13. The van der Waals surface area contributed by atoms with Crippen molar-refractivity contribution in [1.29, 1.82) is 0 Å². The zero-order valence-corrected chi connectivity index (χ0v) is 15.2. The number of aliphatic hydroxyl groups is 1. The number of ether oxygens (including phenoxy) is 1. The van der Waals surface area contributed by atoms with Gasteiger partial charge in [0.1, 0.15) is 11.6 Å². The van der Waals surface area contributed by atoms with Crippen molar-refractivity contribution < 1.29 is 9.84 Å². The molecule has 0 unspecified atom stereocenters. The van der Waals surface area contributed by atoms with Gasteiger partial charge in [0.2, 0.25) is 5.95 Å². The SMILES string of the molecule is COc1ccccc1CNc1cc(-c2ccncc2)nc(NCCCO)n1. The van der Waals surface area contributed by atoms with E-state index in [2.05, 4.69) is 25.6 Å². The summed E-state index contributed by atoms with van der Waals surface area (Å²) < 4.78 is 5.40. The third-order valence-corrected chi connectivity index (χ3v) is 3.97. The van der Waals surface area contributed by atoms with Crippen LogP contribution < -0.4 is 15.4 Å². The predicted molar refractivity (Wildman–Crippen MR) is 106 cm³/mol. The zero-order chi connectivity index (χ0) is 18.9. The average Bonchev–Trinajstić information content (AvgIpc) is 2.73. The number of benzene rings is 1. The van der Waals surface area contributed by atoms with Crippen LogP contribution in [0.2, 0.25) is 0 Å². The topological polar surface area (TPSA) is 92.2 Å². The highest BCUT2D eigenvalue weighted by atomic mass is 16.5. The van der Waals surface area contributed by atoms with E-state index in [0.29, 0.717) is 31.3 Å². The molecule has 3 aromatic rings. The summed E-state index contributed by atoms with van der Waals surface area (Å²) >= 11 is 0. The van der Waals surface area contributed by atoms with Gasteiger partial charge in [0.05, 0.1) is 12.8 Å². The summed E-state index contributed by atoms with van der Waals surface area (Å²) in [5.41, 5.74) is 2.79. The standard InChI is InChI=1S/C20H23N5O2/c1-27-18-6-3-2-5-16(18)14-23-19-13-17(15-7-10-21-11-8-15)24-20(25-19)22-9-4-12-26/h2-3,5-8,10-11,13,26H,4,9,12,14H2,1H3,(H2,22,23,24,25). The minimum absolute atomic E-state index is 0.121. The van der Waals surface area contributed by atoms with Crippen molar-refractivity contribution >= 4 is 11.8 Å². The van der Waals surface area contributed by atoms with Crippen LogP contribution in [0.3, 0.4) is 0 Å². The third-order valence-electron chi connectivity index (χ3n) is 3.97. The first-order valence-electron chi connectivity index (χ1n) is 8.80. The molecule has 0 atom stereocenters. The Morgan fingerprint density at radius 2 is 1.85 bits per heavy atom. The first kappa shape index (κ1) is 18.6. The fourth-order valence-electron chi connectivity index (χ4n) is 2.60. The Bertz CT molecular complexity index is 858. The van der Waals surface area contributed by atoms with Crippen LogP contribution >= 0.6 is 0 Å². The monoisotopic (exact) mass is 365 g/mol. The number of aliphatic hydroxyl groups excluding tert-OH is 1. The molecule has 0 radical (unpaired) electrons. The van der Waals surface area contributed by atoms with Crippen LogP contribution in [0, 0.1) is 0 Å². The van der Waals surface area contributed by atoms with Crippen molar-refractivity contribution in [2.24, 2.45) is 0 Å². The van der Waals surface area contributed by atoms with Gasteiger partial charge in [-0.05, 0) is 24.6 Å².